The molecule has 36 heavy (non-hydrogen) atoms. The van der Waals surface area contributed by atoms with Gasteiger partial charge in [-0.3, -0.25) is 9.10 Å². The predicted molar refractivity (Wildman–Crippen MR) is 138 cm³/mol. The van der Waals surface area contributed by atoms with Crippen molar-refractivity contribution in [2.45, 2.75) is 30.7 Å². The van der Waals surface area contributed by atoms with Crippen molar-refractivity contribution in [2.75, 3.05) is 43.9 Å². The largest absolute Gasteiger partial charge is 0.495 e. The summed E-state index contributed by atoms with van der Waals surface area (Å²) in [5, 5.41) is 2.94. The van der Waals surface area contributed by atoms with Crippen molar-refractivity contribution in [1.82, 2.24) is 9.62 Å². The average molecular weight is 560 g/mol. The lowest BCUT2D eigenvalue weighted by molar-refractivity contribution is -0.121. The summed E-state index contributed by atoms with van der Waals surface area (Å²) in [4.78, 5) is 13.0. The fourth-order valence-electron chi connectivity index (χ4n) is 3.89. The highest BCUT2D eigenvalue weighted by Gasteiger charge is 2.31. The number of hydrogen-bond acceptors (Lipinski definition) is 7. The van der Waals surface area contributed by atoms with Crippen LogP contribution in [0.2, 0.25) is 5.02 Å². The minimum atomic E-state index is -3.86. The monoisotopic (exact) mass is 559 g/mol. The minimum absolute atomic E-state index is 0.0933. The van der Waals surface area contributed by atoms with Crippen LogP contribution in [0.15, 0.2) is 47.4 Å². The maximum atomic E-state index is 12.8. The van der Waals surface area contributed by atoms with E-state index in [0.717, 1.165) is 23.4 Å². The van der Waals surface area contributed by atoms with E-state index in [1.807, 2.05) is 0 Å². The van der Waals surface area contributed by atoms with E-state index >= 15 is 0 Å². The smallest absolute Gasteiger partial charge is 0.243 e. The second-order valence-electron chi connectivity index (χ2n) is 8.27. The van der Waals surface area contributed by atoms with Gasteiger partial charge in [-0.05, 0) is 62.2 Å². The van der Waals surface area contributed by atoms with Crippen LogP contribution in [-0.4, -0.2) is 72.7 Å². The first-order valence-corrected chi connectivity index (χ1v) is 15.0. The number of carbonyl (C=O) groups excluding carboxylic acids is 1. The topological polar surface area (TPSA) is 122 Å². The van der Waals surface area contributed by atoms with Crippen LogP contribution in [0.5, 0.6) is 11.5 Å². The van der Waals surface area contributed by atoms with E-state index in [9.17, 15) is 21.6 Å². The van der Waals surface area contributed by atoms with Crippen molar-refractivity contribution in [3.8, 4) is 11.5 Å². The Morgan fingerprint density at radius 2 is 1.75 bits per heavy atom. The summed E-state index contributed by atoms with van der Waals surface area (Å²) in [6.45, 7) is 2.70. The number of methoxy groups -OCH3 is 1. The van der Waals surface area contributed by atoms with Crippen LogP contribution in [0.25, 0.3) is 0 Å². The molecule has 3 rings (SSSR count). The molecule has 13 heteroatoms. The average Bonchev–Trinajstić information content (AvgIpc) is 3.37. The van der Waals surface area contributed by atoms with Gasteiger partial charge in [0.25, 0.3) is 0 Å². The SMILES string of the molecule is COc1ccc(Cl)cc1N([C@@H](C)C(=O)NCCOc1ccc(S(=O)(=O)N2CCCC2)cc1)S(C)(=O)=O. The third-order valence-electron chi connectivity index (χ3n) is 5.66. The van der Waals surface area contributed by atoms with Crippen molar-refractivity contribution < 1.29 is 31.1 Å². The molecule has 1 atom stereocenters. The van der Waals surface area contributed by atoms with E-state index in [-0.39, 0.29) is 29.5 Å². The maximum absolute atomic E-state index is 12.8. The van der Waals surface area contributed by atoms with E-state index in [1.54, 1.807) is 18.2 Å². The van der Waals surface area contributed by atoms with Gasteiger partial charge in [-0.1, -0.05) is 11.6 Å². The summed E-state index contributed by atoms with van der Waals surface area (Å²) >= 11 is 6.05. The molecule has 0 radical (unpaired) electrons. The lowest BCUT2D eigenvalue weighted by Gasteiger charge is -2.29. The molecule has 1 amide bonds. The molecule has 0 bridgehead atoms. The fourth-order valence-corrected chi connectivity index (χ4v) is 6.75. The molecule has 1 aliphatic heterocycles. The third-order valence-corrected chi connectivity index (χ3v) is 9.04. The molecule has 1 aliphatic rings. The van der Waals surface area contributed by atoms with Gasteiger partial charge in [0.1, 0.15) is 24.1 Å². The zero-order valence-corrected chi connectivity index (χ0v) is 22.7. The molecule has 1 heterocycles. The van der Waals surface area contributed by atoms with Gasteiger partial charge in [-0.25, -0.2) is 16.8 Å². The van der Waals surface area contributed by atoms with Crippen LogP contribution in [0.1, 0.15) is 19.8 Å². The van der Waals surface area contributed by atoms with Crippen LogP contribution < -0.4 is 19.1 Å². The molecule has 0 spiro atoms. The van der Waals surface area contributed by atoms with Gasteiger partial charge in [0.15, 0.2) is 0 Å². The summed E-state index contributed by atoms with van der Waals surface area (Å²) in [6, 6.07) is 9.51. The van der Waals surface area contributed by atoms with Gasteiger partial charge in [0.2, 0.25) is 26.0 Å². The molecule has 198 valence electrons. The molecular weight excluding hydrogens is 530 g/mol. The highest BCUT2D eigenvalue weighted by Crippen LogP contribution is 2.34. The normalized spacial score (nSPS) is 15.3. The predicted octanol–water partition coefficient (Wildman–Crippen LogP) is 2.48. The summed E-state index contributed by atoms with van der Waals surface area (Å²) in [6.07, 6.45) is 2.71. The van der Waals surface area contributed by atoms with E-state index in [2.05, 4.69) is 5.32 Å². The van der Waals surface area contributed by atoms with Crippen molar-refractivity contribution in [3.63, 3.8) is 0 Å². The van der Waals surface area contributed by atoms with E-state index in [4.69, 9.17) is 21.1 Å². The standard InChI is InChI=1S/C23H30ClN3O7S2/c1-17(27(35(3,29)30)21-16-18(24)6-11-22(21)33-2)23(28)25-12-15-34-19-7-9-20(10-8-19)36(31,32)26-13-4-5-14-26/h6-11,16-17H,4-5,12-15H2,1-3H3,(H,25,28)/t17-/m0/s1. The number of anilines is 1. The Labute approximate surface area is 217 Å². The van der Waals surface area contributed by atoms with Crippen LogP contribution >= 0.6 is 11.6 Å². The van der Waals surface area contributed by atoms with Crippen LogP contribution in [0.4, 0.5) is 5.69 Å². The van der Waals surface area contributed by atoms with E-state index in [1.165, 1.54) is 42.6 Å². The molecule has 10 nitrogen and oxygen atoms in total. The Morgan fingerprint density at radius 1 is 1.11 bits per heavy atom. The number of rotatable bonds is 11. The van der Waals surface area contributed by atoms with Gasteiger partial charge in [0.05, 0.1) is 30.5 Å². The third kappa shape index (κ3) is 6.61. The highest BCUT2D eigenvalue weighted by molar-refractivity contribution is 7.92. The zero-order valence-electron chi connectivity index (χ0n) is 20.3. The molecule has 0 unspecified atom stereocenters. The Bertz CT molecular complexity index is 1280. The maximum Gasteiger partial charge on any atom is 0.243 e. The first-order valence-electron chi connectivity index (χ1n) is 11.3. The molecule has 1 saturated heterocycles. The van der Waals surface area contributed by atoms with Gasteiger partial charge < -0.3 is 14.8 Å². The number of sulfonamides is 2. The number of nitrogens with one attached hydrogen (secondary N) is 1. The van der Waals surface area contributed by atoms with Crippen molar-refractivity contribution >= 4 is 43.2 Å². The molecule has 0 aromatic heterocycles. The number of hydrogen-bond donors (Lipinski definition) is 1. The summed E-state index contributed by atoms with van der Waals surface area (Å²) in [5.41, 5.74) is 0.148. The number of halogens is 1. The number of nitrogens with zero attached hydrogens (tertiary/aromatic N) is 2. The molecule has 2 aromatic carbocycles. The first kappa shape index (κ1) is 28.0. The zero-order chi connectivity index (χ0) is 26.5. The Kier molecular flexibility index (Phi) is 9.09. The summed E-state index contributed by atoms with van der Waals surface area (Å²) < 4.78 is 63.6. The lowest BCUT2D eigenvalue weighted by atomic mass is 10.2. The quantitative estimate of drug-likeness (QED) is 0.420. The van der Waals surface area contributed by atoms with Crippen LogP contribution in [0, 0.1) is 0 Å². The second-order valence-corrected chi connectivity index (χ2v) is 12.5. The Balaban J connectivity index is 1.59. The molecule has 1 N–H and O–H groups in total. The Hall–Kier alpha value is -2.54. The number of ether oxygens (including phenoxy) is 2. The van der Waals surface area contributed by atoms with Crippen LogP contribution in [0.3, 0.4) is 0 Å². The highest BCUT2D eigenvalue weighted by atomic mass is 35.5. The van der Waals surface area contributed by atoms with Gasteiger partial charge in [0, 0.05) is 18.1 Å². The Morgan fingerprint density at radius 3 is 2.33 bits per heavy atom. The van der Waals surface area contributed by atoms with Gasteiger partial charge in [-0.15, -0.1) is 0 Å². The molecular formula is C23H30ClN3O7S2. The van der Waals surface area contributed by atoms with Crippen LogP contribution in [-0.2, 0) is 24.8 Å². The van der Waals surface area contributed by atoms with Crippen molar-refractivity contribution in [2.24, 2.45) is 0 Å². The summed E-state index contributed by atoms with van der Waals surface area (Å²) in [5.74, 6) is 0.153. The number of carbonyl (C=O) groups is 1. The van der Waals surface area contributed by atoms with Crippen molar-refractivity contribution in [3.05, 3.63) is 47.5 Å². The van der Waals surface area contributed by atoms with Crippen molar-refractivity contribution in [1.29, 1.82) is 0 Å². The summed E-state index contributed by atoms with van der Waals surface area (Å²) in [7, 11) is -5.97. The lowest BCUT2D eigenvalue weighted by Crippen LogP contribution is -2.48. The van der Waals surface area contributed by atoms with E-state index in [0.29, 0.717) is 23.9 Å². The van der Waals surface area contributed by atoms with Gasteiger partial charge in [-0.2, -0.15) is 4.31 Å². The first-order chi connectivity index (χ1) is 16.9. The molecule has 1 fully saturated rings. The molecule has 2 aromatic rings. The van der Waals surface area contributed by atoms with Gasteiger partial charge >= 0.3 is 0 Å². The second kappa shape index (κ2) is 11.7. The van der Waals surface area contributed by atoms with E-state index < -0.39 is 32.0 Å². The minimum Gasteiger partial charge on any atom is -0.495 e. The number of benzene rings is 2. The number of amides is 1. The molecule has 0 saturated carbocycles. The molecule has 0 aliphatic carbocycles. The fraction of sp³-hybridized carbons (Fsp3) is 0.435.